The minimum absolute atomic E-state index is 0. The number of amides is 2. The van der Waals surface area contributed by atoms with Crippen molar-refractivity contribution in [3.63, 3.8) is 0 Å². The van der Waals surface area contributed by atoms with Gasteiger partial charge in [0.05, 0.1) is 0 Å². The summed E-state index contributed by atoms with van der Waals surface area (Å²) in [6.45, 7) is 4.01. The molecule has 1 fully saturated rings. The monoisotopic (exact) mass is 339 g/mol. The summed E-state index contributed by atoms with van der Waals surface area (Å²) in [4.78, 5) is 28.5. The van der Waals surface area contributed by atoms with E-state index >= 15 is 0 Å². The lowest BCUT2D eigenvalue weighted by Gasteiger charge is -2.27. The van der Waals surface area contributed by atoms with Gasteiger partial charge in [-0.3, -0.25) is 9.59 Å². The van der Waals surface area contributed by atoms with E-state index in [-0.39, 0.29) is 30.3 Å². The second-order valence-corrected chi connectivity index (χ2v) is 5.52. The van der Waals surface area contributed by atoms with Crippen LogP contribution < -0.4 is 10.2 Å². The van der Waals surface area contributed by atoms with Crippen LogP contribution in [0.3, 0.4) is 0 Å². The molecule has 1 aromatic carbocycles. The zero-order valence-corrected chi connectivity index (χ0v) is 14.6. The molecular weight excluding hydrogens is 314 g/mol. The van der Waals surface area contributed by atoms with Gasteiger partial charge in [-0.2, -0.15) is 0 Å². The van der Waals surface area contributed by atoms with Gasteiger partial charge in [-0.15, -0.1) is 12.4 Å². The van der Waals surface area contributed by atoms with E-state index in [2.05, 4.69) is 5.32 Å². The topological polar surface area (TPSA) is 52.7 Å². The normalized spacial score (nSPS) is 17.0. The number of hydrogen-bond acceptors (Lipinski definition) is 3. The number of rotatable bonds is 7. The summed E-state index contributed by atoms with van der Waals surface area (Å²) in [5, 5.41) is 3.04. The van der Waals surface area contributed by atoms with Crippen molar-refractivity contribution in [3.05, 3.63) is 30.3 Å². The highest BCUT2D eigenvalue weighted by Crippen LogP contribution is 2.24. The summed E-state index contributed by atoms with van der Waals surface area (Å²) in [5.74, 6) is 0.112. The smallest absolute Gasteiger partial charge is 0.249 e. The van der Waals surface area contributed by atoms with E-state index in [1.54, 1.807) is 9.80 Å². The first-order chi connectivity index (χ1) is 10.7. The zero-order valence-electron chi connectivity index (χ0n) is 13.8. The number of carbonyl (C=O) groups excluding carboxylic acids is 2. The molecule has 128 valence electrons. The summed E-state index contributed by atoms with van der Waals surface area (Å²) < 4.78 is 0. The maximum atomic E-state index is 12.7. The van der Waals surface area contributed by atoms with Gasteiger partial charge in [0.2, 0.25) is 11.8 Å². The number of likely N-dealkylation sites (N-methyl/N-ethyl adjacent to an activating group) is 1. The van der Waals surface area contributed by atoms with Crippen molar-refractivity contribution in [3.8, 4) is 0 Å². The molecule has 1 aliphatic heterocycles. The number of halogens is 1. The second-order valence-electron chi connectivity index (χ2n) is 5.52. The van der Waals surface area contributed by atoms with E-state index in [1.807, 2.05) is 44.3 Å². The van der Waals surface area contributed by atoms with Crippen LogP contribution in [0.5, 0.6) is 0 Å². The van der Waals surface area contributed by atoms with E-state index in [0.717, 1.165) is 18.7 Å². The fourth-order valence-electron chi connectivity index (χ4n) is 2.95. The standard InChI is InChI=1S/C17H25N3O2.ClH/c1-3-19(16(21)10-7-12-18-2)15-11-13-20(17(15)22)14-8-5-4-6-9-14;/h4-6,8-9,15,18H,3,7,10-13H2,1-2H3;1H. The Bertz CT molecular complexity index is 510. The average molecular weight is 340 g/mol. The quantitative estimate of drug-likeness (QED) is 0.774. The van der Waals surface area contributed by atoms with E-state index in [0.29, 0.717) is 25.9 Å². The Kier molecular flexibility index (Phi) is 8.06. The van der Waals surface area contributed by atoms with Crippen LogP contribution >= 0.6 is 12.4 Å². The van der Waals surface area contributed by atoms with Crippen LogP contribution in [0.25, 0.3) is 0 Å². The van der Waals surface area contributed by atoms with Gasteiger partial charge in [0, 0.05) is 25.2 Å². The summed E-state index contributed by atoms with van der Waals surface area (Å²) >= 11 is 0. The van der Waals surface area contributed by atoms with Crippen molar-refractivity contribution in [1.29, 1.82) is 0 Å². The van der Waals surface area contributed by atoms with Gasteiger partial charge < -0.3 is 15.1 Å². The molecule has 0 aromatic heterocycles. The molecule has 0 aliphatic carbocycles. The predicted molar refractivity (Wildman–Crippen MR) is 95.0 cm³/mol. The number of hydrogen-bond donors (Lipinski definition) is 1. The SMILES string of the molecule is CCN(C(=O)CCCNC)C1CCN(c2ccccc2)C1=O.Cl. The van der Waals surface area contributed by atoms with Gasteiger partial charge in [-0.1, -0.05) is 18.2 Å². The van der Waals surface area contributed by atoms with Gasteiger partial charge in [0.1, 0.15) is 6.04 Å². The maximum Gasteiger partial charge on any atom is 0.249 e. The molecule has 0 bridgehead atoms. The first-order valence-corrected chi connectivity index (χ1v) is 7.99. The Morgan fingerprint density at radius 3 is 2.65 bits per heavy atom. The number of carbonyl (C=O) groups is 2. The largest absolute Gasteiger partial charge is 0.331 e. The molecule has 1 saturated heterocycles. The lowest BCUT2D eigenvalue weighted by atomic mass is 10.1. The molecule has 1 atom stereocenters. The van der Waals surface area contributed by atoms with Crippen molar-refractivity contribution in [2.75, 3.05) is 31.6 Å². The van der Waals surface area contributed by atoms with Crippen LogP contribution in [0.15, 0.2) is 30.3 Å². The van der Waals surface area contributed by atoms with Crippen LogP contribution in [-0.4, -0.2) is 49.4 Å². The molecule has 0 saturated carbocycles. The fourth-order valence-corrected chi connectivity index (χ4v) is 2.95. The van der Waals surface area contributed by atoms with Gasteiger partial charge in [-0.05, 0) is 45.5 Å². The third-order valence-electron chi connectivity index (χ3n) is 4.10. The highest BCUT2D eigenvalue weighted by atomic mass is 35.5. The summed E-state index contributed by atoms with van der Waals surface area (Å²) in [6, 6.07) is 9.35. The molecule has 5 nitrogen and oxygen atoms in total. The van der Waals surface area contributed by atoms with E-state index in [4.69, 9.17) is 0 Å². The predicted octanol–water partition coefficient (Wildman–Crippen LogP) is 2.06. The van der Waals surface area contributed by atoms with Gasteiger partial charge in [-0.25, -0.2) is 0 Å². The minimum Gasteiger partial charge on any atom is -0.331 e. The molecule has 0 radical (unpaired) electrons. The molecule has 6 heteroatoms. The first-order valence-electron chi connectivity index (χ1n) is 7.99. The van der Waals surface area contributed by atoms with Crippen LogP contribution in [0.2, 0.25) is 0 Å². The van der Waals surface area contributed by atoms with Crippen molar-refractivity contribution < 1.29 is 9.59 Å². The van der Waals surface area contributed by atoms with E-state index in [1.165, 1.54) is 0 Å². The summed E-state index contributed by atoms with van der Waals surface area (Å²) in [7, 11) is 1.88. The highest BCUT2D eigenvalue weighted by molar-refractivity contribution is 6.01. The summed E-state index contributed by atoms with van der Waals surface area (Å²) in [6.07, 6.45) is 2.00. The molecular formula is C17H26ClN3O2. The van der Waals surface area contributed by atoms with Gasteiger partial charge in [0.25, 0.3) is 0 Å². The molecule has 23 heavy (non-hydrogen) atoms. The van der Waals surface area contributed by atoms with Gasteiger partial charge in [0.15, 0.2) is 0 Å². The van der Waals surface area contributed by atoms with E-state index in [9.17, 15) is 9.59 Å². The molecule has 1 aliphatic rings. The molecule has 1 N–H and O–H groups in total. The van der Waals surface area contributed by atoms with Crippen LogP contribution in [0.1, 0.15) is 26.2 Å². The average Bonchev–Trinajstić information content (AvgIpc) is 2.91. The van der Waals surface area contributed by atoms with Crippen molar-refractivity contribution >= 4 is 29.9 Å². The Morgan fingerprint density at radius 2 is 2.04 bits per heavy atom. The number of nitrogens with one attached hydrogen (secondary N) is 1. The Labute approximate surface area is 144 Å². The maximum absolute atomic E-state index is 12.7. The van der Waals surface area contributed by atoms with Crippen molar-refractivity contribution in [1.82, 2.24) is 10.2 Å². The Balaban J connectivity index is 0.00000264. The van der Waals surface area contributed by atoms with Crippen molar-refractivity contribution in [2.45, 2.75) is 32.2 Å². The molecule has 0 spiro atoms. The van der Waals surface area contributed by atoms with E-state index < -0.39 is 0 Å². The summed E-state index contributed by atoms with van der Waals surface area (Å²) in [5.41, 5.74) is 0.911. The molecule has 1 aromatic rings. The fraction of sp³-hybridized carbons (Fsp3) is 0.529. The van der Waals surface area contributed by atoms with Crippen LogP contribution in [0, 0.1) is 0 Å². The number of anilines is 1. The molecule has 2 rings (SSSR count). The number of nitrogens with zero attached hydrogens (tertiary/aromatic N) is 2. The number of benzene rings is 1. The lowest BCUT2D eigenvalue weighted by molar-refractivity contribution is -0.138. The zero-order chi connectivity index (χ0) is 15.9. The highest BCUT2D eigenvalue weighted by Gasteiger charge is 2.37. The Hall–Kier alpha value is -1.59. The Morgan fingerprint density at radius 1 is 1.35 bits per heavy atom. The minimum atomic E-state index is -0.313. The first kappa shape index (κ1) is 19.5. The molecule has 2 amide bonds. The van der Waals surface area contributed by atoms with Gasteiger partial charge >= 0.3 is 0 Å². The number of para-hydroxylation sites is 1. The third-order valence-corrected chi connectivity index (χ3v) is 4.10. The van der Waals surface area contributed by atoms with Crippen LogP contribution in [-0.2, 0) is 9.59 Å². The van der Waals surface area contributed by atoms with Crippen LogP contribution in [0.4, 0.5) is 5.69 Å². The molecule has 1 heterocycles. The second kappa shape index (κ2) is 9.53. The molecule has 1 unspecified atom stereocenters. The third kappa shape index (κ3) is 4.69. The van der Waals surface area contributed by atoms with Crippen molar-refractivity contribution in [2.24, 2.45) is 0 Å². The lowest BCUT2D eigenvalue weighted by Crippen LogP contribution is -2.45.